The Balaban J connectivity index is 1.70. The van der Waals surface area contributed by atoms with Crippen molar-refractivity contribution in [3.63, 3.8) is 0 Å². The largest absolute Gasteiger partial charge is 0.449 e. The van der Waals surface area contributed by atoms with E-state index < -0.39 is 5.92 Å². The highest BCUT2D eigenvalue weighted by molar-refractivity contribution is 5.95. The lowest BCUT2D eigenvalue weighted by atomic mass is 9.87. The summed E-state index contributed by atoms with van der Waals surface area (Å²) in [6, 6.07) is 12.3. The normalized spacial score (nSPS) is 15.2. The molecule has 0 saturated heterocycles. The van der Waals surface area contributed by atoms with Crippen LogP contribution in [0.1, 0.15) is 39.8 Å². The second-order valence-corrected chi connectivity index (χ2v) is 9.34. The summed E-state index contributed by atoms with van der Waals surface area (Å²) in [7, 11) is 2.04. The van der Waals surface area contributed by atoms with Gasteiger partial charge in [0.25, 0.3) is 11.6 Å². The van der Waals surface area contributed by atoms with Crippen LogP contribution in [0.25, 0.3) is 33.6 Å². The van der Waals surface area contributed by atoms with Crippen molar-refractivity contribution in [2.75, 3.05) is 0 Å². The molecular formula is C28H28F2NO+. The van der Waals surface area contributed by atoms with Crippen molar-refractivity contribution < 1.29 is 17.8 Å². The fraction of sp³-hybridized carbons (Fsp3) is 0.321. The van der Waals surface area contributed by atoms with Gasteiger partial charge in [-0.3, -0.25) is 0 Å². The maximum Gasteiger partial charge on any atom is 0.256 e. The van der Waals surface area contributed by atoms with E-state index >= 15 is 0 Å². The molecule has 0 unspecified atom stereocenters. The molecule has 0 N–H and O–H groups in total. The number of rotatable bonds is 2. The quantitative estimate of drug-likeness (QED) is 0.313. The number of fused-ring (bicyclic) bond motifs is 2. The van der Waals surface area contributed by atoms with E-state index in [4.69, 9.17) is 4.42 Å². The molecule has 1 aliphatic rings. The van der Waals surface area contributed by atoms with Gasteiger partial charge >= 0.3 is 0 Å². The molecule has 4 aromatic rings. The highest BCUT2D eigenvalue weighted by atomic mass is 19.3. The molecule has 0 aliphatic heterocycles. The first-order valence-corrected chi connectivity index (χ1v) is 11.1. The number of halogens is 2. The Morgan fingerprint density at radius 2 is 1.72 bits per heavy atom. The maximum absolute atomic E-state index is 13.8. The first-order valence-electron chi connectivity index (χ1n) is 11.1. The Morgan fingerprint density at radius 3 is 2.50 bits per heavy atom. The number of aromatic nitrogens is 1. The minimum atomic E-state index is -2.60. The minimum Gasteiger partial charge on any atom is -0.449 e. The Morgan fingerprint density at radius 1 is 0.938 bits per heavy atom. The number of furan rings is 1. The summed E-state index contributed by atoms with van der Waals surface area (Å²) in [5.41, 5.74) is 10.6. The van der Waals surface area contributed by atoms with Gasteiger partial charge in [0.1, 0.15) is 12.8 Å². The van der Waals surface area contributed by atoms with Crippen molar-refractivity contribution in [3.05, 3.63) is 76.0 Å². The van der Waals surface area contributed by atoms with E-state index in [0.717, 1.165) is 44.7 Å². The van der Waals surface area contributed by atoms with Crippen molar-refractivity contribution in [3.8, 4) is 22.6 Å². The first-order chi connectivity index (χ1) is 15.1. The van der Waals surface area contributed by atoms with Crippen molar-refractivity contribution in [1.82, 2.24) is 0 Å². The average molecular weight is 433 g/mol. The predicted molar refractivity (Wildman–Crippen MR) is 124 cm³/mol. The Kier molecular flexibility index (Phi) is 4.74. The molecule has 0 spiro atoms. The van der Waals surface area contributed by atoms with Crippen LogP contribution in [0.3, 0.4) is 0 Å². The number of pyridine rings is 1. The van der Waals surface area contributed by atoms with Crippen LogP contribution in [-0.2, 0) is 19.9 Å². The molecule has 2 nitrogen and oxygen atoms in total. The van der Waals surface area contributed by atoms with Gasteiger partial charge in [0.2, 0.25) is 5.58 Å². The highest BCUT2D eigenvalue weighted by Gasteiger charge is 2.34. The van der Waals surface area contributed by atoms with E-state index in [-0.39, 0.29) is 12.8 Å². The van der Waals surface area contributed by atoms with Crippen LogP contribution in [-0.4, -0.2) is 5.92 Å². The van der Waals surface area contributed by atoms with Gasteiger partial charge in [-0.25, -0.2) is 8.78 Å². The van der Waals surface area contributed by atoms with Crippen LogP contribution in [0, 0.1) is 27.7 Å². The molecular weight excluding hydrogens is 404 g/mol. The van der Waals surface area contributed by atoms with Gasteiger partial charge < -0.3 is 4.42 Å². The van der Waals surface area contributed by atoms with Crippen molar-refractivity contribution in [1.29, 1.82) is 0 Å². The standard InChI is InChI=1S/C28H28F2NO/c1-16-12-17(2)18(3)24(13-16)25-27-23(9-11-31(25)5)19(4)26(32-27)21-6-7-22-15-28(29,30)10-8-20(22)14-21/h6-7,9,11-14H,8,10,15H2,1-5H3/q+1. The molecule has 5 rings (SSSR count). The van der Waals surface area contributed by atoms with E-state index in [2.05, 4.69) is 56.7 Å². The molecule has 0 bridgehead atoms. The van der Waals surface area contributed by atoms with Crippen LogP contribution >= 0.6 is 0 Å². The van der Waals surface area contributed by atoms with E-state index in [0.29, 0.717) is 6.42 Å². The zero-order valence-electron chi connectivity index (χ0n) is 19.3. The van der Waals surface area contributed by atoms with E-state index in [1.807, 2.05) is 25.2 Å². The third kappa shape index (κ3) is 3.33. The van der Waals surface area contributed by atoms with Crippen LogP contribution in [0.15, 0.2) is 47.0 Å². The molecule has 0 saturated carbocycles. The molecule has 0 atom stereocenters. The number of hydrogen-bond acceptors (Lipinski definition) is 1. The van der Waals surface area contributed by atoms with Crippen LogP contribution in [0.5, 0.6) is 0 Å². The number of nitrogens with zero attached hydrogens (tertiary/aromatic N) is 1. The topological polar surface area (TPSA) is 17.0 Å². The molecule has 0 radical (unpaired) electrons. The van der Waals surface area contributed by atoms with Gasteiger partial charge in [-0.15, -0.1) is 0 Å². The summed E-state index contributed by atoms with van der Waals surface area (Å²) >= 11 is 0. The third-order valence-electron chi connectivity index (χ3n) is 6.97. The first kappa shape index (κ1) is 20.9. The van der Waals surface area contributed by atoms with Crippen LogP contribution < -0.4 is 4.57 Å². The van der Waals surface area contributed by atoms with Gasteiger partial charge in [0.15, 0.2) is 6.20 Å². The fourth-order valence-electron chi connectivity index (χ4n) is 5.05. The zero-order chi connectivity index (χ0) is 22.8. The van der Waals surface area contributed by atoms with Crippen molar-refractivity contribution in [2.24, 2.45) is 7.05 Å². The Labute approximate surface area is 187 Å². The minimum absolute atomic E-state index is 0.0888. The summed E-state index contributed by atoms with van der Waals surface area (Å²) in [6.45, 7) is 8.48. The molecule has 1 aliphatic carbocycles. The molecule has 2 aromatic heterocycles. The summed E-state index contributed by atoms with van der Waals surface area (Å²) in [6.07, 6.45) is 2.22. The molecule has 164 valence electrons. The van der Waals surface area contributed by atoms with E-state index in [1.165, 1.54) is 22.3 Å². The summed E-state index contributed by atoms with van der Waals surface area (Å²) in [5.74, 6) is -1.79. The van der Waals surface area contributed by atoms with Gasteiger partial charge in [-0.1, -0.05) is 23.8 Å². The fourth-order valence-corrected chi connectivity index (χ4v) is 5.05. The van der Waals surface area contributed by atoms with Gasteiger partial charge in [-0.05, 0) is 68.5 Å². The molecule has 0 amide bonds. The Hall–Kier alpha value is -3.01. The predicted octanol–water partition coefficient (Wildman–Crippen LogP) is 6.95. The number of aryl methyl sites for hydroxylation is 5. The number of alkyl halides is 2. The number of hydrogen-bond donors (Lipinski definition) is 0. The molecule has 2 aromatic carbocycles. The van der Waals surface area contributed by atoms with Crippen LogP contribution in [0.2, 0.25) is 0 Å². The van der Waals surface area contributed by atoms with Crippen molar-refractivity contribution in [2.45, 2.75) is 52.9 Å². The highest BCUT2D eigenvalue weighted by Crippen LogP contribution is 2.40. The van der Waals surface area contributed by atoms with E-state index in [9.17, 15) is 8.78 Å². The second-order valence-electron chi connectivity index (χ2n) is 9.34. The third-order valence-corrected chi connectivity index (χ3v) is 6.97. The van der Waals surface area contributed by atoms with Gasteiger partial charge in [0, 0.05) is 35.4 Å². The summed E-state index contributed by atoms with van der Waals surface area (Å²) in [4.78, 5) is 0. The summed E-state index contributed by atoms with van der Waals surface area (Å²) < 4.78 is 36.3. The second kappa shape index (κ2) is 7.26. The molecule has 4 heteroatoms. The molecule has 0 fully saturated rings. The number of benzene rings is 2. The lowest BCUT2D eigenvalue weighted by Crippen LogP contribution is -2.30. The van der Waals surface area contributed by atoms with Gasteiger partial charge in [-0.2, -0.15) is 4.57 Å². The maximum atomic E-state index is 13.8. The smallest absolute Gasteiger partial charge is 0.256 e. The Bertz CT molecular complexity index is 1380. The zero-order valence-corrected chi connectivity index (χ0v) is 19.3. The van der Waals surface area contributed by atoms with E-state index in [1.54, 1.807) is 0 Å². The lowest BCUT2D eigenvalue weighted by Gasteiger charge is -2.24. The van der Waals surface area contributed by atoms with Crippen molar-refractivity contribution >= 4 is 11.0 Å². The molecule has 32 heavy (non-hydrogen) atoms. The SMILES string of the molecule is Cc1cc(C)c(C)c(-c2c3oc(-c4ccc5c(c4)CCC(F)(F)C5)c(C)c3cc[n+]2C)c1. The van der Waals surface area contributed by atoms with Crippen LogP contribution in [0.4, 0.5) is 8.78 Å². The lowest BCUT2D eigenvalue weighted by molar-refractivity contribution is -0.659. The van der Waals surface area contributed by atoms with Gasteiger partial charge in [0.05, 0.1) is 5.56 Å². The summed E-state index contributed by atoms with van der Waals surface area (Å²) in [5, 5.41) is 1.08. The molecule has 2 heterocycles. The monoisotopic (exact) mass is 432 g/mol. The average Bonchev–Trinajstić information content (AvgIpc) is 3.06.